The average Bonchev–Trinajstić information content (AvgIpc) is 2.61. The lowest BCUT2D eigenvalue weighted by Crippen LogP contribution is -2.31. The molecule has 2 aromatic rings. The summed E-state index contributed by atoms with van der Waals surface area (Å²) in [6.45, 7) is 6.22. The van der Waals surface area contributed by atoms with E-state index in [4.69, 9.17) is 4.74 Å². The number of hydrogen-bond donors (Lipinski definition) is 1. The number of amides is 1. The van der Waals surface area contributed by atoms with Crippen LogP contribution in [0.4, 0.5) is 0 Å². The van der Waals surface area contributed by atoms with Crippen LogP contribution in [0.1, 0.15) is 53.6 Å². The fourth-order valence-corrected chi connectivity index (χ4v) is 3.61. The van der Waals surface area contributed by atoms with Crippen molar-refractivity contribution in [2.24, 2.45) is 0 Å². The molecule has 1 aliphatic rings. The lowest BCUT2D eigenvalue weighted by molar-refractivity contribution is -0.123. The van der Waals surface area contributed by atoms with Gasteiger partial charge in [-0.3, -0.25) is 4.79 Å². The number of nitrogens with one attached hydrogen (secondary N) is 1. The van der Waals surface area contributed by atoms with E-state index < -0.39 is 0 Å². The topological polar surface area (TPSA) is 38.3 Å². The maximum Gasteiger partial charge on any atom is 0.258 e. The summed E-state index contributed by atoms with van der Waals surface area (Å²) >= 11 is 0. The van der Waals surface area contributed by atoms with Gasteiger partial charge in [0.1, 0.15) is 5.75 Å². The molecule has 1 N–H and O–H groups in total. The van der Waals surface area contributed by atoms with E-state index >= 15 is 0 Å². The van der Waals surface area contributed by atoms with Crippen molar-refractivity contribution in [1.82, 2.24) is 5.32 Å². The first-order valence-corrected chi connectivity index (χ1v) is 9.14. The van der Waals surface area contributed by atoms with Crippen molar-refractivity contribution in [2.75, 3.05) is 6.61 Å². The maximum absolute atomic E-state index is 12.3. The zero-order chi connectivity index (χ0) is 17.8. The second-order valence-electron chi connectivity index (χ2n) is 7.04. The van der Waals surface area contributed by atoms with Gasteiger partial charge in [-0.25, -0.2) is 0 Å². The first-order chi connectivity index (χ1) is 12.0. The molecule has 0 heterocycles. The number of benzene rings is 2. The van der Waals surface area contributed by atoms with Crippen molar-refractivity contribution in [3.63, 3.8) is 0 Å². The molecule has 2 aromatic carbocycles. The Morgan fingerprint density at radius 1 is 1.16 bits per heavy atom. The van der Waals surface area contributed by atoms with E-state index in [1.165, 1.54) is 35.1 Å². The molecule has 1 unspecified atom stereocenters. The van der Waals surface area contributed by atoms with Crippen molar-refractivity contribution < 1.29 is 9.53 Å². The van der Waals surface area contributed by atoms with E-state index in [0.29, 0.717) is 0 Å². The minimum absolute atomic E-state index is 0.0271. The molecule has 0 saturated heterocycles. The molecule has 1 amide bonds. The predicted molar refractivity (Wildman–Crippen MR) is 101 cm³/mol. The van der Waals surface area contributed by atoms with Crippen LogP contribution in [-0.2, 0) is 17.6 Å². The first-order valence-electron chi connectivity index (χ1n) is 9.14. The third-order valence-electron chi connectivity index (χ3n) is 4.99. The summed E-state index contributed by atoms with van der Waals surface area (Å²) in [5, 5.41) is 3.05. The molecule has 1 aliphatic carbocycles. The second-order valence-corrected chi connectivity index (χ2v) is 7.04. The quantitative estimate of drug-likeness (QED) is 0.876. The second kappa shape index (κ2) is 7.73. The van der Waals surface area contributed by atoms with Crippen LogP contribution in [0.15, 0.2) is 36.4 Å². The molecule has 0 radical (unpaired) electrons. The van der Waals surface area contributed by atoms with Crippen LogP contribution in [-0.4, -0.2) is 12.5 Å². The Hall–Kier alpha value is -2.29. The zero-order valence-electron chi connectivity index (χ0n) is 15.4. The lowest BCUT2D eigenvalue weighted by Gasteiger charge is -2.20. The number of hydrogen-bond acceptors (Lipinski definition) is 2. The summed E-state index contributed by atoms with van der Waals surface area (Å²) in [7, 11) is 0. The third-order valence-corrected chi connectivity index (χ3v) is 4.99. The summed E-state index contributed by atoms with van der Waals surface area (Å²) in [5.41, 5.74) is 6.20. The van der Waals surface area contributed by atoms with Crippen molar-refractivity contribution in [2.45, 2.75) is 52.5 Å². The smallest absolute Gasteiger partial charge is 0.258 e. The van der Waals surface area contributed by atoms with Gasteiger partial charge in [-0.1, -0.05) is 35.9 Å². The summed E-state index contributed by atoms with van der Waals surface area (Å²) in [6, 6.07) is 12.5. The van der Waals surface area contributed by atoms with Gasteiger partial charge in [0.05, 0.1) is 6.04 Å². The van der Waals surface area contributed by atoms with Crippen molar-refractivity contribution in [3.8, 4) is 5.75 Å². The van der Waals surface area contributed by atoms with Gasteiger partial charge in [0.2, 0.25) is 0 Å². The molecule has 0 saturated carbocycles. The molecule has 0 bridgehead atoms. The van der Waals surface area contributed by atoms with Gasteiger partial charge < -0.3 is 10.1 Å². The predicted octanol–water partition coefficient (Wildman–Crippen LogP) is 4.44. The average molecular weight is 337 g/mol. The highest BCUT2D eigenvalue weighted by atomic mass is 16.5. The molecule has 25 heavy (non-hydrogen) atoms. The fraction of sp³-hybridized carbons (Fsp3) is 0.409. The number of rotatable bonds is 5. The van der Waals surface area contributed by atoms with Gasteiger partial charge in [0.15, 0.2) is 6.61 Å². The van der Waals surface area contributed by atoms with Crippen molar-refractivity contribution in [1.29, 1.82) is 0 Å². The molecule has 0 aromatic heterocycles. The third kappa shape index (κ3) is 4.22. The van der Waals surface area contributed by atoms with E-state index in [1.54, 1.807) is 0 Å². The van der Waals surface area contributed by atoms with Gasteiger partial charge in [0.25, 0.3) is 5.91 Å². The van der Waals surface area contributed by atoms with E-state index in [1.807, 2.05) is 19.1 Å². The number of aryl methyl sites for hydroxylation is 3. The van der Waals surface area contributed by atoms with Gasteiger partial charge in [0, 0.05) is 0 Å². The molecule has 0 aliphatic heterocycles. The van der Waals surface area contributed by atoms with Crippen LogP contribution in [0, 0.1) is 13.8 Å². The van der Waals surface area contributed by atoms with E-state index in [0.717, 1.165) is 24.2 Å². The summed E-state index contributed by atoms with van der Waals surface area (Å²) in [5.74, 6) is 0.786. The summed E-state index contributed by atoms with van der Waals surface area (Å²) in [4.78, 5) is 12.3. The molecule has 0 fully saturated rings. The highest BCUT2D eigenvalue weighted by molar-refractivity contribution is 5.78. The highest BCUT2D eigenvalue weighted by Crippen LogP contribution is 2.29. The van der Waals surface area contributed by atoms with Gasteiger partial charge in [-0.2, -0.15) is 0 Å². The Bertz CT molecular complexity index is 767. The van der Waals surface area contributed by atoms with E-state index in [-0.39, 0.29) is 18.6 Å². The number of fused-ring (bicyclic) bond motifs is 1. The molecule has 0 spiro atoms. The van der Waals surface area contributed by atoms with Crippen molar-refractivity contribution in [3.05, 3.63) is 64.2 Å². The standard InChI is InChI=1S/C22H27NO2/c1-15-11-12-16(2)20(13-15)17(3)23-22(24)14-25-21-10-6-8-18-7-4-5-9-19(18)21/h6,8,10-13,17H,4-5,7,9,14H2,1-3H3,(H,23,24). The Balaban J connectivity index is 1.61. The Morgan fingerprint density at radius 2 is 1.96 bits per heavy atom. The Kier molecular flexibility index (Phi) is 5.42. The van der Waals surface area contributed by atoms with Crippen LogP contribution >= 0.6 is 0 Å². The SMILES string of the molecule is Cc1ccc(C)c(C(C)NC(=O)COc2cccc3c2CCCC3)c1. The molecule has 3 rings (SSSR count). The van der Waals surface area contributed by atoms with Crippen LogP contribution in [0.2, 0.25) is 0 Å². The zero-order valence-corrected chi connectivity index (χ0v) is 15.4. The van der Waals surface area contributed by atoms with Gasteiger partial charge in [-0.15, -0.1) is 0 Å². The van der Waals surface area contributed by atoms with Crippen molar-refractivity contribution >= 4 is 5.91 Å². The molecular weight excluding hydrogens is 310 g/mol. The molecule has 1 atom stereocenters. The minimum atomic E-state index is -0.0816. The number of ether oxygens (including phenoxy) is 1. The molecule has 3 heteroatoms. The lowest BCUT2D eigenvalue weighted by atomic mass is 9.91. The fourth-order valence-electron chi connectivity index (χ4n) is 3.61. The Morgan fingerprint density at radius 3 is 2.80 bits per heavy atom. The first kappa shape index (κ1) is 17.5. The normalized spacial score (nSPS) is 14.5. The highest BCUT2D eigenvalue weighted by Gasteiger charge is 2.16. The number of carbonyl (C=O) groups is 1. The monoisotopic (exact) mass is 337 g/mol. The van der Waals surface area contributed by atoms with Gasteiger partial charge >= 0.3 is 0 Å². The van der Waals surface area contributed by atoms with Crippen LogP contribution < -0.4 is 10.1 Å². The van der Waals surface area contributed by atoms with Crippen LogP contribution in [0.5, 0.6) is 5.75 Å². The molecule has 3 nitrogen and oxygen atoms in total. The van der Waals surface area contributed by atoms with Gasteiger partial charge in [-0.05, 0) is 74.8 Å². The largest absolute Gasteiger partial charge is 0.483 e. The van der Waals surface area contributed by atoms with E-state index in [2.05, 4.69) is 43.4 Å². The molecular formula is C22H27NO2. The van der Waals surface area contributed by atoms with Crippen LogP contribution in [0.3, 0.4) is 0 Å². The van der Waals surface area contributed by atoms with E-state index in [9.17, 15) is 4.79 Å². The number of carbonyl (C=O) groups excluding carboxylic acids is 1. The molecule has 132 valence electrons. The Labute approximate surface area is 150 Å². The van der Waals surface area contributed by atoms with Crippen LogP contribution in [0.25, 0.3) is 0 Å². The summed E-state index contributed by atoms with van der Waals surface area (Å²) in [6.07, 6.45) is 4.60. The minimum Gasteiger partial charge on any atom is -0.483 e. The summed E-state index contributed by atoms with van der Waals surface area (Å²) < 4.78 is 5.84. The maximum atomic E-state index is 12.3.